The van der Waals surface area contributed by atoms with Crippen molar-refractivity contribution in [3.63, 3.8) is 0 Å². The van der Waals surface area contributed by atoms with Crippen LogP contribution in [-0.2, 0) is 13.0 Å². The highest BCUT2D eigenvalue weighted by atomic mass is 79.9. The van der Waals surface area contributed by atoms with Crippen molar-refractivity contribution in [3.05, 3.63) is 122 Å². The van der Waals surface area contributed by atoms with Crippen LogP contribution >= 0.6 is 15.9 Å². The van der Waals surface area contributed by atoms with Gasteiger partial charge in [-0.3, -0.25) is 4.79 Å². The first-order valence-corrected chi connectivity index (χ1v) is 14.3. The summed E-state index contributed by atoms with van der Waals surface area (Å²) in [7, 11) is 0. The average Bonchev–Trinajstić information content (AvgIpc) is 3.27. The average molecular weight is 609 g/mol. The van der Waals surface area contributed by atoms with E-state index in [1.54, 1.807) is 18.3 Å². The van der Waals surface area contributed by atoms with E-state index in [0.29, 0.717) is 35.3 Å². The lowest BCUT2D eigenvalue weighted by molar-refractivity contribution is 0.306. The van der Waals surface area contributed by atoms with Gasteiger partial charge in [0.25, 0.3) is 5.56 Å². The molecule has 0 aliphatic carbocycles. The van der Waals surface area contributed by atoms with Gasteiger partial charge in [-0.2, -0.15) is 15.0 Å². The molecule has 0 saturated heterocycles. The van der Waals surface area contributed by atoms with Crippen molar-refractivity contribution in [2.45, 2.75) is 46.6 Å². The van der Waals surface area contributed by atoms with Crippen LogP contribution in [0.1, 0.15) is 53.7 Å². The number of hydrogen-bond acceptors (Lipinski definition) is 5. The summed E-state index contributed by atoms with van der Waals surface area (Å²) in [6.07, 6.45) is 4.33. The molecule has 206 valence electrons. The first-order chi connectivity index (χ1) is 19.9. The Bertz CT molecular complexity index is 1850. The summed E-state index contributed by atoms with van der Waals surface area (Å²) in [6.45, 7) is 6.52. The van der Waals surface area contributed by atoms with E-state index < -0.39 is 0 Å². The van der Waals surface area contributed by atoms with Crippen LogP contribution in [0.2, 0.25) is 0 Å². The fourth-order valence-electron chi connectivity index (χ4n) is 4.85. The second-order valence-electron chi connectivity index (χ2n) is 9.87. The summed E-state index contributed by atoms with van der Waals surface area (Å²) in [5.74, 6) is 1.38. The maximum absolute atomic E-state index is 13.4. The number of ether oxygens (including phenoxy) is 1. The van der Waals surface area contributed by atoms with Crippen LogP contribution in [-0.4, -0.2) is 20.4 Å². The van der Waals surface area contributed by atoms with E-state index in [-0.39, 0.29) is 5.56 Å². The molecule has 0 spiro atoms. The molecule has 0 aliphatic heterocycles. The fraction of sp³-hybridized carbons (Fsp3) is 0.212. The van der Waals surface area contributed by atoms with E-state index >= 15 is 0 Å². The van der Waals surface area contributed by atoms with Gasteiger partial charge < -0.3 is 9.30 Å². The summed E-state index contributed by atoms with van der Waals surface area (Å²) in [4.78, 5) is 18.2. The zero-order chi connectivity index (χ0) is 28.9. The molecular formula is C33H30BrN5O2. The SMILES string of the molecule is CCCCc1nc2ccc(Br)cc2c(=O)n1N=Cc1cc(C)n(-c2ccc(OCc3ccccc3C#N)cc2)c1C. The minimum atomic E-state index is -0.180. The van der Waals surface area contributed by atoms with Crippen molar-refractivity contribution in [2.24, 2.45) is 5.10 Å². The Labute approximate surface area is 247 Å². The predicted molar refractivity (Wildman–Crippen MR) is 166 cm³/mol. The third kappa shape index (κ3) is 6.01. The second-order valence-corrected chi connectivity index (χ2v) is 10.8. The molecule has 5 rings (SSSR count). The Morgan fingerprint density at radius 2 is 1.85 bits per heavy atom. The monoisotopic (exact) mass is 607 g/mol. The van der Waals surface area contributed by atoms with Gasteiger partial charge in [-0.1, -0.05) is 47.5 Å². The zero-order valence-corrected chi connectivity index (χ0v) is 24.9. The molecule has 0 N–H and O–H groups in total. The lowest BCUT2D eigenvalue weighted by Gasteiger charge is -2.12. The first-order valence-electron chi connectivity index (χ1n) is 13.5. The molecule has 0 unspecified atom stereocenters. The van der Waals surface area contributed by atoms with Crippen LogP contribution in [0, 0.1) is 25.2 Å². The molecule has 3 aromatic carbocycles. The van der Waals surface area contributed by atoms with Crippen molar-refractivity contribution < 1.29 is 4.74 Å². The van der Waals surface area contributed by atoms with Crippen LogP contribution < -0.4 is 10.3 Å². The number of nitrogens with zero attached hydrogens (tertiary/aromatic N) is 5. The maximum Gasteiger partial charge on any atom is 0.282 e. The van der Waals surface area contributed by atoms with Crippen LogP contribution in [0.15, 0.2) is 87.2 Å². The number of aryl methyl sites for hydroxylation is 2. The van der Waals surface area contributed by atoms with Crippen LogP contribution in [0.4, 0.5) is 0 Å². The number of halogens is 1. The van der Waals surface area contributed by atoms with Gasteiger partial charge in [0, 0.05) is 39.1 Å². The number of rotatable bonds is 9. The van der Waals surface area contributed by atoms with Gasteiger partial charge in [0.15, 0.2) is 0 Å². The molecule has 0 radical (unpaired) electrons. The Kier molecular flexibility index (Phi) is 8.46. The number of hydrogen-bond donors (Lipinski definition) is 0. The number of nitriles is 1. The largest absolute Gasteiger partial charge is 0.489 e. The third-order valence-electron chi connectivity index (χ3n) is 7.04. The quantitative estimate of drug-likeness (QED) is 0.165. The smallest absolute Gasteiger partial charge is 0.282 e. The fourth-order valence-corrected chi connectivity index (χ4v) is 5.21. The maximum atomic E-state index is 13.4. The van der Waals surface area contributed by atoms with Crippen molar-refractivity contribution in [1.82, 2.24) is 14.2 Å². The van der Waals surface area contributed by atoms with E-state index in [1.807, 2.05) is 68.4 Å². The molecule has 7 nitrogen and oxygen atoms in total. The molecule has 5 aromatic rings. The minimum Gasteiger partial charge on any atom is -0.489 e. The Morgan fingerprint density at radius 1 is 1.07 bits per heavy atom. The Hall–Kier alpha value is -4.48. The highest BCUT2D eigenvalue weighted by Gasteiger charge is 2.13. The summed E-state index contributed by atoms with van der Waals surface area (Å²) < 4.78 is 10.4. The molecule has 0 atom stereocenters. The molecule has 8 heteroatoms. The summed E-state index contributed by atoms with van der Waals surface area (Å²) >= 11 is 3.46. The topological polar surface area (TPSA) is 85.2 Å². The number of unbranched alkanes of at least 4 members (excludes halogenated alkanes) is 1. The third-order valence-corrected chi connectivity index (χ3v) is 7.53. The van der Waals surface area contributed by atoms with Gasteiger partial charge in [-0.25, -0.2) is 4.98 Å². The van der Waals surface area contributed by atoms with Crippen molar-refractivity contribution in [2.75, 3.05) is 0 Å². The van der Waals surface area contributed by atoms with Crippen LogP contribution in [0.5, 0.6) is 5.75 Å². The molecule has 2 heterocycles. The van der Waals surface area contributed by atoms with E-state index in [9.17, 15) is 10.1 Å². The second kappa shape index (κ2) is 12.4. The van der Waals surface area contributed by atoms with Gasteiger partial charge in [-0.05, 0) is 74.9 Å². The molecule has 2 aromatic heterocycles. The lowest BCUT2D eigenvalue weighted by Crippen LogP contribution is -2.22. The molecule has 0 amide bonds. The van der Waals surface area contributed by atoms with E-state index in [4.69, 9.17) is 9.72 Å². The van der Waals surface area contributed by atoms with E-state index in [1.165, 1.54) is 4.68 Å². The predicted octanol–water partition coefficient (Wildman–Crippen LogP) is 7.24. The molecule has 41 heavy (non-hydrogen) atoms. The zero-order valence-electron chi connectivity index (χ0n) is 23.3. The number of fused-ring (bicyclic) bond motifs is 1. The van der Waals surface area contributed by atoms with Crippen LogP contribution in [0.3, 0.4) is 0 Å². The van der Waals surface area contributed by atoms with E-state index in [2.05, 4.69) is 44.7 Å². The van der Waals surface area contributed by atoms with Gasteiger partial charge in [0.05, 0.1) is 28.8 Å². The minimum absolute atomic E-state index is 0.180. The van der Waals surface area contributed by atoms with Gasteiger partial charge in [0.2, 0.25) is 0 Å². The molecule has 0 saturated carbocycles. The van der Waals surface area contributed by atoms with Gasteiger partial charge in [0.1, 0.15) is 18.2 Å². The standard InChI is InChI=1S/C33H30BrN5O2/c1-4-5-10-32-37-31-16-11-27(34)18-30(31)33(40)39(32)36-20-26-17-22(2)38(23(26)3)28-12-14-29(15-13-28)41-21-25-9-7-6-8-24(25)19-35/h6-9,11-18,20H,4-5,10,21H2,1-3H3. The number of aromatic nitrogens is 3. The normalized spacial score (nSPS) is 11.3. The molecule has 0 bridgehead atoms. The molecular weight excluding hydrogens is 578 g/mol. The number of benzene rings is 3. The van der Waals surface area contributed by atoms with Crippen LogP contribution in [0.25, 0.3) is 16.6 Å². The summed E-state index contributed by atoms with van der Waals surface area (Å²) in [5, 5.41) is 14.5. The molecule has 0 aliphatic rings. The van der Waals surface area contributed by atoms with Gasteiger partial charge >= 0.3 is 0 Å². The molecule has 0 fully saturated rings. The lowest BCUT2D eigenvalue weighted by atomic mass is 10.1. The first kappa shape index (κ1) is 28.1. The van der Waals surface area contributed by atoms with Gasteiger partial charge in [-0.15, -0.1) is 0 Å². The Morgan fingerprint density at radius 3 is 2.61 bits per heavy atom. The Balaban J connectivity index is 1.41. The van der Waals surface area contributed by atoms with E-state index in [0.717, 1.165) is 51.3 Å². The highest BCUT2D eigenvalue weighted by molar-refractivity contribution is 9.10. The van der Waals surface area contributed by atoms with Crippen molar-refractivity contribution in [3.8, 4) is 17.5 Å². The van der Waals surface area contributed by atoms with Crippen molar-refractivity contribution in [1.29, 1.82) is 5.26 Å². The van der Waals surface area contributed by atoms with Crippen molar-refractivity contribution >= 4 is 33.0 Å². The highest BCUT2D eigenvalue weighted by Crippen LogP contribution is 2.23. The summed E-state index contributed by atoms with van der Waals surface area (Å²) in [6, 6.07) is 25.1. The summed E-state index contributed by atoms with van der Waals surface area (Å²) in [5.41, 5.74) is 5.91.